The number of carbonyl (C=O) groups excluding carboxylic acids is 1. The number of rotatable bonds is 7. The van der Waals surface area contributed by atoms with Gasteiger partial charge in [-0.15, -0.1) is 0 Å². The van der Waals surface area contributed by atoms with Gasteiger partial charge in [0.1, 0.15) is 0 Å². The van der Waals surface area contributed by atoms with Crippen LogP contribution in [-0.4, -0.2) is 66.2 Å². The van der Waals surface area contributed by atoms with E-state index < -0.39 is 11.9 Å². The maximum absolute atomic E-state index is 12.1. The summed E-state index contributed by atoms with van der Waals surface area (Å²) in [5.74, 6) is -1.42. The molecule has 1 aliphatic carbocycles. The van der Waals surface area contributed by atoms with E-state index in [0.29, 0.717) is 13.1 Å². The molecule has 2 N–H and O–H groups in total. The standard InChI is InChI=1S/C14H27N3O3/c1-5-17(9-11(2)12(18)19)13(20)15-10-14(16(3)4)7-6-8-14/h11H,5-10H2,1-4H3,(H,15,20)(H,18,19). The van der Waals surface area contributed by atoms with Crippen LogP contribution in [0.3, 0.4) is 0 Å². The highest BCUT2D eigenvalue weighted by Crippen LogP contribution is 2.35. The van der Waals surface area contributed by atoms with Crippen molar-refractivity contribution in [3.8, 4) is 0 Å². The molecule has 1 unspecified atom stereocenters. The molecule has 1 aliphatic rings. The lowest BCUT2D eigenvalue weighted by Gasteiger charge is -2.47. The zero-order valence-corrected chi connectivity index (χ0v) is 13.0. The van der Waals surface area contributed by atoms with Crippen LogP contribution in [0, 0.1) is 5.92 Å². The van der Waals surface area contributed by atoms with Crippen LogP contribution in [0.25, 0.3) is 0 Å². The topological polar surface area (TPSA) is 72.9 Å². The summed E-state index contributed by atoms with van der Waals surface area (Å²) in [7, 11) is 4.07. The smallest absolute Gasteiger partial charge is 0.317 e. The van der Waals surface area contributed by atoms with Crippen molar-refractivity contribution in [2.24, 2.45) is 5.92 Å². The lowest BCUT2D eigenvalue weighted by Crippen LogP contribution is -2.58. The number of carboxylic acids is 1. The van der Waals surface area contributed by atoms with E-state index in [1.807, 2.05) is 21.0 Å². The number of likely N-dealkylation sites (N-methyl/N-ethyl adjacent to an activating group) is 1. The maximum atomic E-state index is 12.1. The Morgan fingerprint density at radius 2 is 1.95 bits per heavy atom. The van der Waals surface area contributed by atoms with Gasteiger partial charge in [-0.2, -0.15) is 0 Å². The summed E-state index contributed by atoms with van der Waals surface area (Å²) in [6.45, 7) is 4.85. The van der Waals surface area contributed by atoms with E-state index in [1.54, 1.807) is 11.8 Å². The first kappa shape index (κ1) is 16.8. The molecule has 6 heteroatoms. The van der Waals surface area contributed by atoms with Gasteiger partial charge >= 0.3 is 12.0 Å². The Morgan fingerprint density at radius 3 is 2.30 bits per heavy atom. The molecular weight excluding hydrogens is 258 g/mol. The fourth-order valence-electron chi connectivity index (χ4n) is 2.48. The molecule has 0 aromatic heterocycles. The number of aliphatic carboxylic acids is 1. The van der Waals surface area contributed by atoms with Gasteiger partial charge in [0, 0.05) is 25.2 Å². The summed E-state index contributed by atoms with van der Waals surface area (Å²) in [5.41, 5.74) is 0.0769. The first-order valence-corrected chi connectivity index (χ1v) is 7.25. The van der Waals surface area contributed by atoms with Crippen LogP contribution in [0.15, 0.2) is 0 Å². The zero-order chi connectivity index (χ0) is 15.3. The van der Waals surface area contributed by atoms with Crippen molar-refractivity contribution in [2.75, 3.05) is 33.7 Å². The highest BCUT2D eigenvalue weighted by molar-refractivity contribution is 5.76. The number of hydrogen-bond acceptors (Lipinski definition) is 3. The number of hydrogen-bond donors (Lipinski definition) is 2. The van der Waals surface area contributed by atoms with Crippen LogP contribution >= 0.6 is 0 Å². The number of carbonyl (C=O) groups is 2. The second kappa shape index (κ2) is 6.92. The molecule has 0 spiro atoms. The van der Waals surface area contributed by atoms with Gasteiger partial charge in [0.25, 0.3) is 0 Å². The molecule has 2 amide bonds. The SMILES string of the molecule is CCN(CC(C)C(=O)O)C(=O)NCC1(N(C)C)CCC1. The summed E-state index contributed by atoms with van der Waals surface area (Å²) in [6.07, 6.45) is 3.39. The van der Waals surface area contributed by atoms with Gasteiger partial charge in [-0.1, -0.05) is 6.92 Å². The van der Waals surface area contributed by atoms with Crippen molar-refractivity contribution in [1.29, 1.82) is 0 Å². The quantitative estimate of drug-likeness (QED) is 0.738. The maximum Gasteiger partial charge on any atom is 0.317 e. The fraction of sp³-hybridized carbons (Fsp3) is 0.857. The Labute approximate surface area is 121 Å². The molecule has 0 bridgehead atoms. The Kier molecular flexibility index (Phi) is 5.80. The Hall–Kier alpha value is -1.30. The molecule has 0 aromatic carbocycles. The first-order valence-electron chi connectivity index (χ1n) is 7.25. The van der Waals surface area contributed by atoms with Gasteiger partial charge in [-0.3, -0.25) is 4.79 Å². The third-order valence-electron chi connectivity index (χ3n) is 4.39. The summed E-state index contributed by atoms with van der Waals surface area (Å²) < 4.78 is 0. The summed E-state index contributed by atoms with van der Waals surface area (Å²) in [4.78, 5) is 26.7. The Balaban J connectivity index is 2.49. The Morgan fingerprint density at radius 1 is 1.35 bits per heavy atom. The molecule has 20 heavy (non-hydrogen) atoms. The van der Waals surface area contributed by atoms with Crippen LogP contribution in [-0.2, 0) is 4.79 Å². The average molecular weight is 285 g/mol. The van der Waals surface area contributed by atoms with Crippen molar-refractivity contribution in [1.82, 2.24) is 15.1 Å². The predicted octanol–water partition coefficient (Wildman–Crippen LogP) is 1.22. The number of urea groups is 1. The molecule has 1 rings (SSSR count). The zero-order valence-electron chi connectivity index (χ0n) is 13.0. The monoisotopic (exact) mass is 285 g/mol. The summed E-state index contributed by atoms with van der Waals surface area (Å²) >= 11 is 0. The molecule has 1 saturated carbocycles. The molecule has 116 valence electrons. The normalized spacial score (nSPS) is 18.2. The van der Waals surface area contributed by atoms with Crippen LogP contribution in [0.2, 0.25) is 0 Å². The van der Waals surface area contributed by atoms with Gasteiger partial charge in [0.05, 0.1) is 5.92 Å². The minimum absolute atomic E-state index is 0.0769. The third-order valence-corrected chi connectivity index (χ3v) is 4.39. The van der Waals surface area contributed by atoms with Crippen LogP contribution in [0.1, 0.15) is 33.1 Å². The highest BCUT2D eigenvalue weighted by atomic mass is 16.4. The van der Waals surface area contributed by atoms with Gasteiger partial charge < -0.3 is 20.2 Å². The highest BCUT2D eigenvalue weighted by Gasteiger charge is 2.39. The number of nitrogens with zero attached hydrogens (tertiary/aromatic N) is 2. The number of nitrogens with one attached hydrogen (secondary N) is 1. The molecule has 0 aromatic rings. The molecule has 0 radical (unpaired) electrons. The second-order valence-corrected chi connectivity index (χ2v) is 5.91. The van der Waals surface area contributed by atoms with Crippen molar-refractivity contribution in [2.45, 2.75) is 38.6 Å². The van der Waals surface area contributed by atoms with Crippen LogP contribution in [0.5, 0.6) is 0 Å². The third kappa shape index (κ3) is 3.85. The molecule has 1 fully saturated rings. The van der Waals surface area contributed by atoms with Crippen molar-refractivity contribution in [3.63, 3.8) is 0 Å². The van der Waals surface area contributed by atoms with E-state index in [-0.39, 0.29) is 18.1 Å². The number of amides is 2. The lowest BCUT2D eigenvalue weighted by molar-refractivity contribution is -0.141. The first-order chi connectivity index (χ1) is 9.32. The van der Waals surface area contributed by atoms with Gasteiger partial charge in [0.15, 0.2) is 0 Å². The Bertz CT molecular complexity index is 354. The fourth-order valence-corrected chi connectivity index (χ4v) is 2.48. The number of carboxylic acid groups (broad SMARTS) is 1. The van der Waals surface area contributed by atoms with Crippen molar-refractivity contribution >= 4 is 12.0 Å². The van der Waals surface area contributed by atoms with Gasteiger partial charge in [-0.05, 0) is 40.3 Å². The van der Waals surface area contributed by atoms with E-state index in [9.17, 15) is 9.59 Å². The molecular formula is C14H27N3O3. The van der Waals surface area contributed by atoms with Crippen LogP contribution < -0.4 is 5.32 Å². The average Bonchev–Trinajstić information content (AvgIpc) is 2.33. The minimum atomic E-state index is -0.875. The lowest BCUT2D eigenvalue weighted by atomic mass is 9.75. The van der Waals surface area contributed by atoms with E-state index in [2.05, 4.69) is 10.2 Å². The molecule has 0 heterocycles. The second-order valence-electron chi connectivity index (χ2n) is 5.91. The van der Waals surface area contributed by atoms with Gasteiger partial charge in [0.2, 0.25) is 0 Å². The summed E-state index contributed by atoms with van der Waals surface area (Å²) in [5, 5.41) is 11.9. The largest absolute Gasteiger partial charge is 0.481 e. The van der Waals surface area contributed by atoms with Crippen LogP contribution in [0.4, 0.5) is 4.79 Å². The van der Waals surface area contributed by atoms with E-state index in [0.717, 1.165) is 12.8 Å². The minimum Gasteiger partial charge on any atom is -0.481 e. The predicted molar refractivity (Wildman–Crippen MR) is 77.7 cm³/mol. The molecule has 6 nitrogen and oxygen atoms in total. The molecule has 0 saturated heterocycles. The summed E-state index contributed by atoms with van der Waals surface area (Å²) in [6, 6.07) is -0.172. The van der Waals surface area contributed by atoms with Crippen molar-refractivity contribution < 1.29 is 14.7 Å². The van der Waals surface area contributed by atoms with E-state index in [1.165, 1.54) is 6.42 Å². The molecule has 1 atom stereocenters. The van der Waals surface area contributed by atoms with E-state index >= 15 is 0 Å². The van der Waals surface area contributed by atoms with Crippen molar-refractivity contribution in [3.05, 3.63) is 0 Å². The van der Waals surface area contributed by atoms with Gasteiger partial charge in [-0.25, -0.2) is 4.79 Å². The molecule has 0 aliphatic heterocycles. The van der Waals surface area contributed by atoms with E-state index in [4.69, 9.17) is 5.11 Å².